The highest BCUT2D eigenvalue weighted by Gasteiger charge is 2.14. The highest BCUT2D eigenvalue weighted by molar-refractivity contribution is 7.22. The highest BCUT2D eigenvalue weighted by Crippen LogP contribution is 2.25. The number of fused-ring (bicyclic) bond motifs is 1. The lowest BCUT2D eigenvalue weighted by atomic mass is 10.1. The molecule has 1 aliphatic heterocycles. The summed E-state index contributed by atoms with van der Waals surface area (Å²) < 4.78 is 1.15. The van der Waals surface area contributed by atoms with Crippen LogP contribution in [0.1, 0.15) is 12.8 Å². The van der Waals surface area contributed by atoms with E-state index in [4.69, 9.17) is 0 Å². The Morgan fingerprint density at radius 2 is 2.25 bits per heavy atom. The third kappa shape index (κ3) is 2.01. The Kier molecular flexibility index (Phi) is 2.71. The van der Waals surface area contributed by atoms with Gasteiger partial charge in [-0.2, -0.15) is 0 Å². The second-order valence-electron chi connectivity index (χ2n) is 4.01. The summed E-state index contributed by atoms with van der Waals surface area (Å²) in [5, 5.41) is 7.86. The summed E-state index contributed by atoms with van der Waals surface area (Å²) in [7, 11) is 0. The number of anilines is 1. The summed E-state index contributed by atoms with van der Waals surface area (Å²) in [5.41, 5.74) is 0.851. The molecule has 0 aromatic carbocycles. The molecule has 84 valence electrons. The van der Waals surface area contributed by atoms with Crippen LogP contribution in [0.2, 0.25) is 0 Å². The van der Waals surface area contributed by atoms with Gasteiger partial charge in [0.2, 0.25) is 0 Å². The normalized spacial score (nSPS) is 17.8. The topological polar surface area (TPSA) is 49.8 Å². The average Bonchev–Trinajstić information content (AvgIpc) is 2.72. The molecule has 5 heteroatoms. The van der Waals surface area contributed by atoms with E-state index in [1.165, 1.54) is 12.8 Å². The van der Waals surface area contributed by atoms with Crippen LogP contribution in [0, 0.1) is 0 Å². The van der Waals surface area contributed by atoms with Gasteiger partial charge >= 0.3 is 0 Å². The molecule has 16 heavy (non-hydrogen) atoms. The summed E-state index contributed by atoms with van der Waals surface area (Å²) in [4.78, 5) is 8.72. The average molecular weight is 234 g/mol. The van der Waals surface area contributed by atoms with Crippen molar-refractivity contribution in [1.82, 2.24) is 15.3 Å². The lowest BCUT2D eigenvalue weighted by molar-refractivity contribution is 0.479. The molecule has 0 radical (unpaired) electrons. The maximum Gasteiger partial charge on any atom is 0.185 e. The third-order valence-corrected chi connectivity index (χ3v) is 3.77. The van der Waals surface area contributed by atoms with Gasteiger partial charge in [0.15, 0.2) is 10.8 Å². The fourth-order valence-corrected chi connectivity index (χ4v) is 2.87. The van der Waals surface area contributed by atoms with Gasteiger partial charge in [0.1, 0.15) is 0 Å². The van der Waals surface area contributed by atoms with Gasteiger partial charge < -0.3 is 10.6 Å². The van der Waals surface area contributed by atoms with Crippen LogP contribution in [-0.4, -0.2) is 29.1 Å². The van der Waals surface area contributed by atoms with E-state index in [2.05, 4.69) is 26.7 Å². The van der Waals surface area contributed by atoms with Crippen LogP contribution in [0.15, 0.2) is 18.3 Å². The van der Waals surface area contributed by atoms with Gasteiger partial charge in [-0.25, -0.2) is 9.97 Å². The number of aromatic nitrogens is 2. The number of piperidine rings is 1. The van der Waals surface area contributed by atoms with Crippen molar-refractivity contribution in [3.05, 3.63) is 18.3 Å². The maximum absolute atomic E-state index is 4.48. The van der Waals surface area contributed by atoms with Crippen molar-refractivity contribution in [3.63, 3.8) is 0 Å². The molecule has 2 N–H and O–H groups in total. The molecule has 0 aliphatic carbocycles. The van der Waals surface area contributed by atoms with E-state index in [9.17, 15) is 0 Å². The highest BCUT2D eigenvalue weighted by atomic mass is 32.1. The summed E-state index contributed by atoms with van der Waals surface area (Å²) in [6, 6.07) is 4.57. The molecule has 0 bridgehead atoms. The van der Waals surface area contributed by atoms with Crippen LogP contribution >= 0.6 is 11.3 Å². The molecule has 0 spiro atoms. The minimum atomic E-state index is 0.557. The minimum Gasteiger partial charge on any atom is -0.359 e. The second-order valence-corrected chi connectivity index (χ2v) is 5.04. The van der Waals surface area contributed by atoms with Crippen LogP contribution in [0.3, 0.4) is 0 Å². The van der Waals surface area contributed by atoms with Crippen molar-refractivity contribution in [3.8, 4) is 0 Å². The summed E-state index contributed by atoms with van der Waals surface area (Å²) in [6.45, 7) is 2.20. The zero-order chi connectivity index (χ0) is 10.8. The predicted octanol–water partition coefficient (Wildman–Crippen LogP) is 1.86. The van der Waals surface area contributed by atoms with Crippen molar-refractivity contribution in [1.29, 1.82) is 0 Å². The first-order chi connectivity index (χ1) is 7.92. The number of thiazole rings is 1. The Bertz CT molecular complexity index is 443. The van der Waals surface area contributed by atoms with E-state index in [0.717, 1.165) is 28.6 Å². The minimum absolute atomic E-state index is 0.557. The van der Waals surface area contributed by atoms with Crippen molar-refractivity contribution in [2.45, 2.75) is 18.9 Å². The van der Waals surface area contributed by atoms with Crippen LogP contribution in [-0.2, 0) is 0 Å². The van der Waals surface area contributed by atoms with Gasteiger partial charge in [0, 0.05) is 12.2 Å². The van der Waals surface area contributed by atoms with E-state index in [-0.39, 0.29) is 0 Å². The molecule has 2 aromatic heterocycles. The van der Waals surface area contributed by atoms with Gasteiger partial charge in [-0.1, -0.05) is 11.3 Å². The van der Waals surface area contributed by atoms with Crippen molar-refractivity contribution >= 4 is 26.8 Å². The Labute approximate surface area is 98.1 Å². The monoisotopic (exact) mass is 234 g/mol. The van der Waals surface area contributed by atoms with Crippen molar-refractivity contribution < 1.29 is 0 Å². The zero-order valence-electron chi connectivity index (χ0n) is 8.94. The summed E-state index contributed by atoms with van der Waals surface area (Å²) in [6.07, 6.45) is 4.13. The molecular weight excluding hydrogens is 220 g/mol. The van der Waals surface area contributed by atoms with Gasteiger partial charge in [-0.15, -0.1) is 0 Å². The fourth-order valence-electron chi connectivity index (χ4n) is 1.97. The molecular formula is C11H14N4S. The second kappa shape index (κ2) is 4.35. The van der Waals surface area contributed by atoms with Crippen LogP contribution in [0.25, 0.3) is 10.3 Å². The SMILES string of the molecule is c1cnc2nc(NC3CCNCC3)sc2c1. The Balaban J connectivity index is 1.78. The molecule has 0 amide bonds. The molecule has 0 atom stereocenters. The lowest BCUT2D eigenvalue weighted by Gasteiger charge is -2.23. The maximum atomic E-state index is 4.48. The van der Waals surface area contributed by atoms with Gasteiger partial charge in [0.25, 0.3) is 0 Å². The van der Waals surface area contributed by atoms with E-state index in [1.54, 1.807) is 17.5 Å². The van der Waals surface area contributed by atoms with E-state index < -0.39 is 0 Å². The number of hydrogen-bond acceptors (Lipinski definition) is 5. The van der Waals surface area contributed by atoms with E-state index in [0.29, 0.717) is 6.04 Å². The third-order valence-electron chi connectivity index (χ3n) is 2.83. The Morgan fingerprint density at radius 1 is 1.38 bits per heavy atom. The van der Waals surface area contributed by atoms with Crippen molar-refractivity contribution in [2.24, 2.45) is 0 Å². The van der Waals surface area contributed by atoms with Crippen LogP contribution in [0.4, 0.5) is 5.13 Å². The van der Waals surface area contributed by atoms with Gasteiger partial charge in [-0.3, -0.25) is 0 Å². The molecule has 4 nitrogen and oxygen atoms in total. The van der Waals surface area contributed by atoms with E-state index in [1.807, 2.05) is 6.07 Å². The van der Waals surface area contributed by atoms with Crippen LogP contribution < -0.4 is 10.6 Å². The summed E-state index contributed by atoms with van der Waals surface area (Å²) >= 11 is 1.69. The molecule has 1 saturated heterocycles. The Morgan fingerprint density at radius 3 is 3.06 bits per heavy atom. The standard InChI is InChI=1S/C11H14N4S/c1-2-9-10(13-5-1)15-11(16-9)14-8-3-6-12-7-4-8/h1-2,5,8,12H,3-4,6-7H2,(H,13,14,15). The quantitative estimate of drug-likeness (QED) is 0.832. The molecule has 0 saturated carbocycles. The number of rotatable bonds is 2. The molecule has 0 unspecified atom stereocenters. The van der Waals surface area contributed by atoms with E-state index >= 15 is 0 Å². The van der Waals surface area contributed by atoms with Crippen LogP contribution in [0.5, 0.6) is 0 Å². The first-order valence-corrected chi connectivity index (χ1v) is 6.42. The first-order valence-electron chi connectivity index (χ1n) is 5.60. The number of hydrogen-bond donors (Lipinski definition) is 2. The molecule has 1 fully saturated rings. The van der Waals surface area contributed by atoms with Crippen molar-refractivity contribution in [2.75, 3.05) is 18.4 Å². The summed E-state index contributed by atoms with van der Waals surface area (Å²) in [5.74, 6) is 0. The zero-order valence-corrected chi connectivity index (χ0v) is 9.76. The molecule has 2 aromatic rings. The molecule has 3 heterocycles. The number of nitrogens with one attached hydrogen (secondary N) is 2. The lowest BCUT2D eigenvalue weighted by Crippen LogP contribution is -2.35. The largest absolute Gasteiger partial charge is 0.359 e. The predicted molar refractivity (Wildman–Crippen MR) is 66.9 cm³/mol. The molecule has 1 aliphatic rings. The van der Waals surface area contributed by atoms with Gasteiger partial charge in [-0.05, 0) is 38.1 Å². The number of nitrogens with zero attached hydrogens (tertiary/aromatic N) is 2. The molecule has 3 rings (SSSR count). The fraction of sp³-hybridized carbons (Fsp3) is 0.455. The smallest absolute Gasteiger partial charge is 0.185 e. The first kappa shape index (κ1) is 9.99. The Hall–Kier alpha value is -1.20. The number of pyridine rings is 1. The van der Waals surface area contributed by atoms with Gasteiger partial charge in [0.05, 0.1) is 4.70 Å².